The van der Waals surface area contributed by atoms with Crippen molar-refractivity contribution in [2.24, 2.45) is 0 Å². The van der Waals surface area contributed by atoms with Crippen LogP contribution in [0.25, 0.3) is 0 Å². The third kappa shape index (κ3) is 1.99. The number of aliphatic hydroxyl groups is 1. The molecule has 1 N–H and O–H groups in total. The van der Waals surface area contributed by atoms with Gasteiger partial charge in [-0.05, 0) is 12.8 Å². The van der Waals surface area contributed by atoms with Crippen molar-refractivity contribution in [3.63, 3.8) is 0 Å². The average molecular weight is 244 g/mol. The van der Waals surface area contributed by atoms with Gasteiger partial charge in [-0.1, -0.05) is 6.92 Å². The van der Waals surface area contributed by atoms with Gasteiger partial charge in [0.2, 0.25) is 0 Å². The van der Waals surface area contributed by atoms with E-state index in [1.807, 2.05) is 6.92 Å². The van der Waals surface area contributed by atoms with Crippen LogP contribution in [-0.4, -0.2) is 34.8 Å². The van der Waals surface area contributed by atoms with Gasteiger partial charge in [0.1, 0.15) is 0 Å². The first-order valence-corrected chi connectivity index (χ1v) is 7.26. The van der Waals surface area contributed by atoms with Crippen molar-refractivity contribution in [2.45, 2.75) is 32.4 Å². The fourth-order valence-electron chi connectivity index (χ4n) is 2.23. The topological polar surface area (TPSA) is 72.2 Å². The molecule has 0 radical (unpaired) electrons. The van der Waals surface area contributed by atoms with Crippen molar-refractivity contribution in [2.75, 3.05) is 11.5 Å². The molecular formula is C10H16N2O3S. The smallest absolute Gasteiger partial charge is 0.152 e. The van der Waals surface area contributed by atoms with Crippen molar-refractivity contribution in [1.29, 1.82) is 0 Å². The monoisotopic (exact) mass is 244 g/mol. The van der Waals surface area contributed by atoms with E-state index in [2.05, 4.69) is 5.10 Å². The number of rotatable bonds is 3. The standard InChI is InChI=1S/C10H16N2O3S/c1-2-10-8(6-13)5-11-12(10)9-3-4-16(14,15)7-9/h5,9,13H,2-4,6-7H2,1H3. The molecule has 0 amide bonds. The molecule has 0 aliphatic carbocycles. The van der Waals surface area contributed by atoms with Crippen LogP contribution in [0.5, 0.6) is 0 Å². The highest BCUT2D eigenvalue weighted by molar-refractivity contribution is 7.91. The molecule has 90 valence electrons. The van der Waals surface area contributed by atoms with Crippen LogP contribution >= 0.6 is 0 Å². The summed E-state index contributed by atoms with van der Waals surface area (Å²) in [5.41, 5.74) is 1.75. The third-order valence-corrected chi connectivity index (χ3v) is 4.80. The molecular weight excluding hydrogens is 228 g/mol. The molecule has 2 rings (SSSR count). The van der Waals surface area contributed by atoms with Crippen LogP contribution in [0.4, 0.5) is 0 Å². The SMILES string of the molecule is CCc1c(CO)cnn1C1CCS(=O)(=O)C1. The largest absolute Gasteiger partial charge is 0.392 e. The summed E-state index contributed by atoms with van der Waals surface area (Å²) in [4.78, 5) is 0. The van der Waals surface area contributed by atoms with Gasteiger partial charge in [0.25, 0.3) is 0 Å². The Morgan fingerprint density at radius 3 is 2.88 bits per heavy atom. The minimum Gasteiger partial charge on any atom is -0.392 e. The molecule has 0 aromatic carbocycles. The zero-order valence-electron chi connectivity index (χ0n) is 9.26. The Morgan fingerprint density at radius 2 is 2.38 bits per heavy atom. The normalized spacial score (nSPS) is 23.8. The number of nitrogens with zero attached hydrogens (tertiary/aromatic N) is 2. The Labute approximate surface area is 95.0 Å². The van der Waals surface area contributed by atoms with E-state index in [1.54, 1.807) is 10.9 Å². The zero-order valence-corrected chi connectivity index (χ0v) is 10.1. The first-order valence-electron chi connectivity index (χ1n) is 5.44. The fourth-order valence-corrected chi connectivity index (χ4v) is 3.92. The molecule has 0 spiro atoms. The van der Waals surface area contributed by atoms with Gasteiger partial charge in [-0.25, -0.2) is 8.42 Å². The number of hydrogen-bond donors (Lipinski definition) is 1. The molecule has 1 saturated heterocycles. The van der Waals surface area contributed by atoms with Crippen LogP contribution in [0.3, 0.4) is 0 Å². The van der Waals surface area contributed by atoms with E-state index in [0.29, 0.717) is 6.42 Å². The zero-order chi connectivity index (χ0) is 11.8. The van der Waals surface area contributed by atoms with Crippen LogP contribution in [0.1, 0.15) is 30.6 Å². The van der Waals surface area contributed by atoms with Gasteiger partial charge in [0.15, 0.2) is 9.84 Å². The predicted molar refractivity (Wildman–Crippen MR) is 59.8 cm³/mol. The summed E-state index contributed by atoms with van der Waals surface area (Å²) >= 11 is 0. The molecule has 6 heteroatoms. The van der Waals surface area contributed by atoms with Crippen LogP contribution in [-0.2, 0) is 22.9 Å². The Morgan fingerprint density at radius 1 is 1.62 bits per heavy atom. The highest BCUT2D eigenvalue weighted by Gasteiger charge is 2.31. The molecule has 1 aromatic rings. The maximum absolute atomic E-state index is 11.4. The highest BCUT2D eigenvalue weighted by atomic mass is 32.2. The number of hydrogen-bond acceptors (Lipinski definition) is 4. The van der Waals surface area contributed by atoms with Crippen LogP contribution < -0.4 is 0 Å². The van der Waals surface area contributed by atoms with Crippen molar-refractivity contribution in [3.8, 4) is 0 Å². The highest BCUT2D eigenvalue weighted by Crippen LogP contribution is 2.25. The van der Waals surface area contributed by atoms with Crippen LogP contribution in [0.2, 0.25) is 0 Å². The molecule has 1 unspecified atom stereocenters. The van der Waals surface area contributed by atoms with E-state index in [1.165, 1.54) is 0 Å². The van der Waals surface area contributed by atoms with Gasteiger partial charge in [-0.15, -0.1) is 0 Å². The van der Waals surface area contributed by atoms with E-state index in [0.717, 1.165) is 17.7 Å². The van der Waals surface area contributed by atoms with Gasteiger partial charge < -0.3 is 5.11 Å². The molecule has 5 nitrogen and oxygen atoms in total. The summed E-state index contributed by atoms with van der Waals surface area (Å²) in [6.07, 6.45) is 3.01. The van der Waals surface area contributed by atoms with Crippen molar-refractivity contribution in [1.82, 2.24) is 9.78 Å². The molecule has 1 atom stereocenters. The van der Waals surface area contributed by atoms with Gasteiger partial charge in [0.05, 0.1) is 30.4 Å². The quantitative estimate of drug-likeness (QED) is 0.830. The summed E-state index contributed by atoms with van der Waals surface area (Å²) < 4.78 is 24.6. The van der Waals surface area contributed by atoms with Crippen molar-refractivity contribution < 1.29 is 13.5 Å². The summed E-state index contributed by atoms with van der Waals surface area (Å²) in [5, 5.41) is 13.3. The average Bonchev–Trinajstić information content (AvgIpc) is 2.80. The second-order valence-corrected chi connectivity index (χ2v) is 6.36. The predicted octanol–water partition coefficient (Wildman–Crippen LogP) is 0.297. The van der Waals surface area contributed by atoms with E-state index < -0.39 is 9.84 Å². The maximum atomic E-state index is 11.4. The Bertz CT molecular complexity index is 478. The Hall–Kier alpha value is -0.880. The minimum atomic E-state index is -2.89. The van der Waals surface area contributed by atoms with E-state index in [4.69, 9.17) is 5.11 Å². The van der Waals surface area contributed by atoms with Crippen LogP contribution in [0, 0.1) is 0 Å². The number of sulfone groups is 1. The fraction of sp³-hybridized carbons (Fsp3) is 0.700. The lowest BCUT2D eigenvalue weighted by Crippen LogP contribution is -2.15. The number of aromatic nitrogens is 2. The lowest BCUT2D eigenvalue weighted by atomic mass is 10.2. The van der Waals surface area contributed by atoms with E-state index in [-0.39, 0.29) is 24.2 Å². The summed E-state index contributed by atoms with van der Waals surface area (Å²) in [5.74, 6) is 0.418. The summed E-state index contributed by atoms with van der Waals surface area (Å²) in [7, 11) is -2.89. The van der Waals surface area contributed by atoms with Gasteiger partial charge >= 0.3 is 0 Å². The first kappa shape index (κ1) is 11.6. The first-order chi connectivity index (χ1) is 7.57. The van der Waals surface area contributed by atoms with Crippen molar-refractivity contribution in [3.05, 3.63) is 17.5 Å². The molecule has 16 heavy (non-hydrogen) atoms. The molecule has 1 aromatic heterocycles. The second kappa shape index (κ2) is 4.18. The molecule has 1 aliphatic rings. The van der Waals surface area contributed by atoms with Gasteiger partial charge in [-0.3, -0.25) is 4.68 Å². The minimum absolute atomic E-state index is 0.0390. The summed E-state index contributed by atoms with van der Waals surface area (Å²) in [6.45, 7) is 1.94. The Balaban J connectivity index is 2.31. The van der Waals surface area contributed by atoms with Crippen molar-refractivity contribution >= 4 is 9.84 Å². The lowest BCUT2D eigenvalue weighted by Gasteiger charge is -2.12. The molecule has 1 fully saturated rings. The molecule has 1 aliphatic heterocycles. The molecule has 2 heterocycles. The summed E-state index contributed by atoms with van der Waals surface area (Å²) in [6, 6.07) is -0.0553. The maximum Gasteiger partial charge on any atom is 0.152 e. The Kier molecular flexibility index (Phi) is 3.03. The van der Waals surface area contributed by atoms with E-state index in [9.17, 15) is 8.42 Å². The third-order valence-electron chi connectivity index (χ3n) is 3.04. The van der Waals surface area contributed by atoms with Crippen LogP contribution in [0.15, 0.2) is 6.20 Å². The molecule has 0 bridgehead atoms. The van der Waals surface area contributed by atoms with Gasteiger partial charge in [-0.2, -0.15) is 5.10 Å². The molecule has 0 saturated carbocycles. The second-order valence-electron chi connectivity index (χ2n) is 4.13. The lowest BCUT2D eigenvalue weighted by molar-refractivity contribution is 0.280. The van der Waals surface area contributed by atoms with E-state index >= 15 is 0 Å². The van der Waals surface area contributed by atoms with Gasteiger partial charge in [0, 0.05) is 11.3 Å². The number of aliphatic hydroxyl groups excluding tert-OH is 1.